The van der Waals surface area contributed by atoms with E-state index in [-0.39, 0.29) is 0 Å². The smallest absolute Gasteiger partial charge is 0.137 e. The normalized spacial score (nSPS) is 10.7. The van der Waals surface area contributed by atoms with Crippen molar-refractivity contribution in [3.63, 3.8) is 0 Å². The Bertz CT molecular complexity index is 705. The summed E-state index contributed by atoms with van der Waals surface area (Å²) in [5, 5.41) is 4.39. The first-order valence-corrected chi connectivity index (χ1v) is 6.97. The van der Waals surface area contributed by atoms with Gasteiger partial charge in [-0.05, 0) is 23.3 Å². The number of nitrogens with zero attached hydrogens (tertiary/aromatic N) is 2. The average Bonchev–Trinajstić information content (AvgIpc) is 2.53. The third kappa shape index (κ3) is 2.73. The topological polar surface area (TPSA) is 37.8 Å². The molecule has 0 aliphatic heterocycles. The summed E-state index contributed by atoms with van der Waals surface area (Å²) >= 11 is 5.78. The standard InChI is InChI=1S/C16H14ClN3/c17-9-12-5-7-13(8-6-12)10-18-16-14-3-1-2-4-15(14)19-11-20-16/h1-8,11H,9-10H2,(H,18,19,20). The van der Waals surface area contributed by atoms with Crippen molar-refractivity contribution in [1.82, 2.24) is 9.97 Å². The largest absolute Gasteiger partial charge is 0.365 e. The van der Waals surface area contributed by atoms with Gasteiger partial charge in [-0.3, -0.25) is 0 Å². The lowest BCUT2D eigenvalue weighted by Crippen LogP contribution is -2.02. The Hall–Kier alpha value is -2.13. The highest BCUT2D eigenvalue weighted by molar-refractivity contribution is 6.17. The molecule has 0 unspecified atom stereocenters. The number of rotatable bonds is 4. The second kappa shape index (κ2) is 5.88. The first-order chi connectivity index (χ1) is 9.86. The van der Waals surface area contributed by atoms with Gasteiger partial charge in [0.2, 0.25) is 0 Å². The van der Waals surface area contributed by atoms with E-state index in [0.717, 1.165) is 28.8 Å². The van der Waals surface area contributed by atoms with Crippen LogP contribution in [0.5, 0.6) is 0 Å². The molecule has 0 amide bonds. The van der Waals surface area contributed by atoms with Crippen molar-refractivity contribution >= 4 is 28.3 Å². The molecule has 0 saturated heterocycles. The summed E-state index contributed by atoms with van der Waals surface area (Å²) < 4.78 is 0. The van der Waals surface area contributed by atoms with Crippen LogP contribution in [0.15, 0.2) is 54.9 Å². The molecule has 0 aliphatic rings. The van der Waals surface area contributed by atoms with Gasteiger partial charge >= 0.3 is 0 Å². The number of fused-ring (bicyclic) bond motifs is 1. The predicted octanol–water partition coefficient (Wildman–Crippen LogP) is 3.98. The molecule has 1 heterocycles. The monoisotopic (exact) mass is 283 g/mol. The van der Waals surface area contributed by atoms with E-state index in [0.29, 0.717) is 5.88 Å². The molecule has 0 atom stereocenters. The minimum atomic E-state index is 0.546. The van der Waals surface area contributed by atoms with Crippen LogP contribution in [0, 0.1) is 0 Å². The third-order valence-corrected chi connectivity index (χ3v) is 3.49. The van der Waals surface area contributed by atoms with Crippen LogP contribution < -0.4 is 5.32 Å². The van der Waals surface area contributed by atoms with E-state index in [1.54, 1.807) is 6.33 Å². The summed E-state index contributed by atoms with van der Waals surface area (Å²) in [4.78, 5) is 8.57. The molecule has 0 fully saturated rings. The van der Waals surface area contributed by atoms with E-state index >= 15 is 0 Å². The summed E-state index contributed by atoms with van der Waals surface area (Å²) in [6.07, 6.45) is 1.58. The summed E-state index contributed by atoms with van der Waals surface area (Å²) in [6.45, 7) is 0.726. The molecule has 2 aromatic carbocycles. The van der Waals surface area contributed by atoms with Gasteiger partial charge in [0.1, 0.15) is 12.1 Å². The molecule has 3 aromatic rings. The zero-order valence-electron chi connectivity index (χ0n) is 10.9. The molecule has 0 radical (unpaired) electrons. The minimum absolute atomic E-state index is 0.546. The van der Waals surface area contributed by atoms with Crippen molar-refractivity contribution in [3.05, 3.63) is 66.0 Å². The number of benzene rings is 2. The van der Waals surface area contributed by atoms with E-state index < -0.39 is 0 Å². The van der Waals surface area contributed by atoms with Gasteiger partial charge in [-0.1, -0.05) is 36.4 Å². The van der Waals surface area contributed by atoms with Gasteiger partial charge in [0.05, 0.1) is 5.52 Å². The van der Waals surface area contributed by atoms with E-state index in [2.05, 4.69) is 27.4 Å². The van der Waals surface area contributed by atoms with Crippen LogP contribution in [-0.2, 0) is 12.4 Å². The molecule has 4 heteroatoms. The summed E-state index contributed by atoms with van der Waals surface area (Å²) in [5.41, 5.74) is 3.27. The molecular weight excluding hydrogens is 270 g/mol. The molecule has 0 spiro atoms. The van der Waals surface area contributed by atoms with Gasteiger partial charge in [-0.2, -0.15) is 0 Å². The van der Waals surface area contributed by atoms with Crippen molar-refractivity contribution in [2.45, 2.75) is 12.4 Å². The Balaban J connectivity index is 1.79. The van der Waals surface area contributed by atoms with E-state index in [1.165, 1.54) is 5.56 Å². The van der Waals surface area contributed by atoms with Crippen LogP contribution in [-0.4, -0.2) is 9.97 Å². The average molecular weight is 284 g/mol. The Morgan fingerprint density at radius 1 is 0.900 bits per heavy atom. The molecule has 3 nitrogen and oxygen atoms in total. The lowest BCUT2D eigenvalue weighted by atomic mass is 10.1. The fourth-order valence-corrected chi connectivity index (χ4v) is 2.26. The Kier molecular flexibility index (Phi) is 3.79. The lowest BCUT2D eigenvalue weighted by Gasteiger charge is -2.08. The van der Waals surface area contributed by atoms with Crippen molar-refractivity contribution < 1.29 is 0 Å². The van der Waals surface area contributed by atoms with Crippen molar-refractivity contribution in [3.8, 4) is 0 Å². The molecule has 100 valence electrons. The molecule has 3 rings (SSSR count). The zero-order valence-corrected chi connectivity index (χ0v) is 11.6. The van der Waals surface area contributed by atoms with Gasteiger partial charge in [-0.15, -0.1) is 11.6 Å². The van der Waals surface area contributed by atoms with Gasteiger partial charge in [-0.25, -0.2) is 9.97 Å². The molecule has 1 N–H and O–H groups in total. The lowest BCUT2D eigenvalue weighted by molar-refractivity contribution is 1.10. The fraction of sp³-hybridized carbons (Fsp3) is 0.125. The maximum atomic E-state index is 5.78. The highest BCUT2D eigenvalue weighted by Crippen LogP contribution is 2.19. The van der Waals surface area contributed by atoms with Crippen LogP contribution in [0.4, 0.5) is 5.82 Å². The number of alkyl halides is 1. The summed E-state index contributed by atoms with van der Waals surface area (Å²) in [6, 6.07) is 16.2. The van der Waals surface area contributed by atoms with Crippen LogP contribution >= 0.6 is 11.6 Å². The number of halogens is 1. The SMILES string of the molecule is ClCc1ccc(CNc2ncnc3ccccc23)cc1. The Labute approximate surface area is 122 Å². The zero-order chi connectivity index (χ0) is 13.8. The number of nitrogens with one attached hydrogen (secondary N) is 1. The van der Waals surface area contributed by atoms with Crippen molar-refractivity contribution in [2.75, 3.05) is 5.32 Å². The van der Waals surface area contributed by atoms with E-state index in [4.69, 9.17) is 11.6 Å². The molecule has 0 bridgehead atoms. The molecule has 0 saturated carbocycles. The van der Waals surface area contributed by atoms with Crippen LogP contribution in [0.3, 0.4) is 0 Å². The molecule has 20 heavy (non-hydrogen) atoms. The number of aromatic nitrogens is 2. The van der Waals surface area contributed by atoms with Crippen molar-refractivity contribution in [1.29, 1.82) is 0 Å². The maximum Gasteiger partial charge on any atom is 0.137 e. The summed E-state index contributed by atoms with van der Waals surface area (Å²) in [5.74, 6) is 1.40. The summed E-state index contributed by atoms with van der Waals surface area (Å²) in [7, 11) is 0. The fourth-order valence-electron chi connectivity index (χ4n) is 2.08. The van der Waals surface area contributed by atoms with Gasteiger partial charge < -0.3 is 5.32 Å². The number of hydrogen-bond donors (Lipinski definition) is 1. The molecule has 0 aliphatic carbocycles. The third-order valence-electron chi connectivity index (χ3n) is 3.18. The quantitative estimate of drug-likeness (QED) is 0.736. The maximum absolute atomic E-state index is 5.78. The van der Waals surface area contributed by atoms with Crippen LogP contribution in [0.25, 0.3) is 10.9 Å². The number of hydrogen-bond acceptors (Lipinski definition) is 3. The van der Waals surface area contributed by atoms with Gasteiger partial charge in [0.15, 0.2) is 0 Å². The second-order valence-corrected chi connectivity index (χ2v) is 4.81. The first kappa shape index (κ1) is 12.9. The van der Waals surface area contributed by atoms with E-state index in [1.807, 2.05) is 36.4 Å². The van der Waals surface area contributed by atoms with Crippen LogP contribution in [0.1, 0.15) is 11.1 Å². The molecule has 1 aromatic heterocycles. The predicted molar refractivity (Wildman–Crippen MR) is 82.9 cm³/mol. The van der Waals surface area contributed by atoms with Gasteiger partial charge in [0, 0.05) is 17.8 Å². The number of anilines is 1. The van der Waals surface area contributed by atoms with Crippen molar-refractivity contribution in [2.24, 2.45) is 0 Å². The second-order valence-electron chi connectivity index (χ2n) is 4.54. The number of para-hydroxylation sites is 1. The van der Waals surface area contributed by atoms with Gasteiger partial charge in [0.25, 0.3) is 0 Å². The highest BCUT2D eigenvalue weighted by Gasteiger charge is 2.02. The highest BCUT2D eigenvalue weighted by atomic mass is 35.5. The van der Waals surface area contributed by atoms with Crippen LogP contribution in [0.2, 0.25) is 0 Å². The first-order valence-electron chi connectivity index (χ1n) is 6.44. The Morgan fingerprint density at radius 2 is 1.65 bits per heavy atom. The minimum Gasteiger partial charge on any atom is -0.365 e. The van der Waals surface area contributed by atoms with E-state index in [9.17, 15) is 0 Å². The molecular formula is C16H14ClN3. The Morgan fingerprint density at radius 3 is 2.45 bits per heavy atom.